The lowest BCUT2D eigenvalue weighted by molar-refractivity contribution is -0.131. The average Bonchev–Trinajstić information content (AvgIpc) is 3.54. The molecule has 168 valence electrons. The Kier molecular flexibility index (Phi) is 6.88. The van der Waals surface area contributed by atoms with Crippen molar-refractivity contribution < 1.29 is 13.7 Å². The molecule has 1 heterocycles. The number of amides is 1. The summed E-state index contributed by atoms with van der Waals surface area (Å²) in [6.45, 7) is 6.82. The molecule has 1 saturated carbocycles. The Labute approximate surface area is 188 Å². The Morgan fingerprint density at radius 2 is 1.75 bits per heavy atom. The van der Waals surface area contributed by atoms with Gasteiger partial charge in [0.1, 0.15) is 11.5 Å². The molecule has 6 heteroatoms. The Morgan fingerprint density at radius 3 is 2.38 bits per heavy atom. The zero-order chi connectivity index (χ0) is 22.5. The van der Waals surface area contributed by atoms with Gasteiger partial charge in [-0.15, -0.1) is 0 Å². The van der Waals surface area contributed by atoms with Crippen LogP contribution in [0.5, 0.6) is 0 Å². The number of hydrogen-bond donors (Lipinski definition) is 0. The average molecular weight is 436 g/mol. The zero-order valence-corrected chi connectivity index (χ0v) is 18.8. The summed E-state index contributed by atoms with van der Waals surface area (Å²) in [5.74, 6) is 1.04. The Bertz CT molecular complexity index is 1020. The lowest BCUT2D eigenvalue weighted by atomic mass is 10.1. The van der Waals surface area contributed by atoms with Gasteiger partial charge in [0.2, 0.25) is 11.8 Å². The second kappa shape index (κ2) is 9.98. The predicted octanol–water partition coefficient (Wildman–Crippen LogP) is 5.31. The minimum atomic E-state index is -0.295. The van der Waals surface area contributed by atoms with Crippen molar-refractivity contribution >= 4 is 11.8 Å². The quantitative estimate of drug-likeness (QED) is 0.433. The van der Waals surface area contributed by atoms with Gasteiger partial charge in [-0.05, 0) is 62.4 Å². The van der Waals surface area contributed by atoms with E-state index in [1.807, 2.05) is 35.2 Å². The first-order valence-corrected chi connectivity index (χ1v) is 11.4. The molecule has 1 aliphatic rings. The van der Waals surface area contributed by atoms with Crippen molar-refractivity contribution in [1.82, 2.24) is 10.1 Å². The maximum absolute atomic E-state index is 13.5. The molecule has 0 aliphatic heterocycles. The van der Waals surface area contributed by atoms with Gasteiger partial charge >= 0.3 is 0 Å². The van der Waals surface area contributed by atoms with Gasteiger partial charge in [0.15, 0.2) is 0 Å². The fourth-order valence-corrected chi connectivity index (χ4v) is 3.98. The predicted molar refractivity (Wildman–Crippen MR) is 124 cm³/mol. The van der Waals surface area contributed by atoms with Gasteiger partial charge in [0.25, 0.3) is 0 Å². The van der Waals surface area contributed by atoms with Crippen LogP contribution < -0.4 is 4.90 Å². The molecule has 3 aromatic rings. The maximum Gasteiger partial charge on any atom is 0.232 e. The number of nitrogens with zero attached hydrogens (tertiary/aromatic N) is 3. The molecular weight excluding hydrogens is 405 g/mol. The first-order valence-electron chi connectivity index (χ1n) is 11.4. The van der Waals surface area contributed by atoms with Crippen molar-refractivity contribution in [2.45, 2.75) is 39.7 Å². The highest BCUT2D eigenvalue weighted by Gasteiger charge is 2.30. The van der Waals surface area contributed by atoms with Crippen LogP contribution in [0.1, 0.15) is 37.8 Å². The largest absolute Gasteiger partial charge is 0.341 e. The van der Waals surface area contributed by atoms with Crippen molar-refractivity contribution in [1.29, 1.82) is 0 Å². The van der Waals surface area contributed by atoms with E-state index in [4.69, 9.17) is 4.52 Å². The highest BCUT2D eigenvalue weighted by atomic mass is 19.1. The van der Waals surface area contributed by atoms with Crippen molar-refractivity contribution in [2.75, 3.05) is 24.5 Å². The molecule has 1 aliphatic carbocycles. The third kappa shape index (κ3) is 5.18. The van der Waals surface area contributed by atoms with Gasteiger partial charge in [0, 0.05) is 25.2 Å². The number of rotatable bonds is 10. The smallest absolute Gasteiger partial charge is 0.232 e. The minimum Gasteiger partial charge on any atom is -0.341 e. The molecule has 1 aromatic heterocycles. The molecule has 1 amide bonds. The summed E-state index contributed by atoms with van der Waals surface area (Å²) in [5.41, 5.74) is 3.33. The first kappa shape index (κ1) is 22.1. The van der Waals surface area contributed by atoms with E-state index in [9.17, 15) is 9.18 Å². The summed E-state index contributed by atoms with van der Waals surface area (Å²) in [7, 11) is 0. The normalized spacial score (nSPS) is 13.2. The van der Waals surface area contributed by atoms with E-state index in [1.165, 1.54) is 12.1 Å². The monoisotopic (exact) mass is 435 g/mol. The van der Waals surface area contributed by atoms with Crippen molar-refractivity contribution in [2.24, 2.45) is 5.92 Å². The van der Waals surface area contributed by atoms with Gasteiger partial charge in [0.05, 0.1) is 18.5 Å². The third-order valence-electron chi connectivity index (χ3n) is 6.01. The van der Waals surface area contributed by atoms with Crippen LogP contribution >= 0.6 is 0 Å². The fourth-order valence-electron chi connectivity index (χ4n) is 3.98. The lowest BCUT2D eigenvalue weighted by Crippen LogP contribution is -2.34. The highest BCUT2D eigenvalue weighted by Crippen LogP contribution is 2.35. The number of aromatic nitrogens is 1. The number of hydrogen-bond acceptors (Lipinski definition) is 4. The van der Waals surface area contributed by atoms with Crippen molar-refractivity contribution in [3.8, 4) is 11.3 Å². The molecular formula is C26H30FN3O2. The molecule has 0 saturated heterocycles. The van der Waals surface area contributed by atoms with Gasteiger partial charge in [-0.1, -0.05) is 35.5 Å². The SMILES string of the molecule is CCN(CC)c1onc(-c2ccc(F)cc2)c1CN(CC1CC1)C(=O)Cc1ccccc1. The number of carbonyl (C=O) groups excluding carboxylic acids is 1. The molecule has 0 spiro atoms. The summed E-state index contributed by atoms with van der Waals surface area (Å²) >= 11 is 0. The van der Waals surface area contributed by atoms with E-state index in [1.54, 1.807) is 12.1 Å². The minimum absolute atomic E-state index is 0.0971. The maximum atomic E-state index is 13.5. The molecule has 0 radical (unpaired) electrons. The highest BCUT2D eigenvalue weighted by molar-refractivity contribution is 5.79. The number of halogens is 1. The first-order chi connectivity index (χ1) is 15.6. The van der Waals surface area contributed by atoms with Gasteiger partial charge in [-0.25, -0.2) is 4.39 Å². The molecule has 32 heavy (non-hydrogen) atoms. The summed E-state index contributed by atoms with van der Waals surface area (Å²) in [6.07, 6.45) is 2.68. The second-order valence-electron chi connectivity index (χ2n) is 8.37. The molecule has 4 rings (SSSR count). The van der Waals surface area contributed by atoms with Gasteiger partial charge in [-0.2, -0.15) is 0 Å². The standard InChI is InChI=1S/C26H30FN3O2/c1-3-29(4-2)26-23(25(28-32-26)21-12-14-22(27)15-13-21)18-30(17-20-10-11-20)24(31)16-19-8-6-5-7-9-19/h5-9,12-15,20H,3-4,10-11,16-18H2,1-2H3. The molecule has 2 aromatic carbocycles. The number of carbonyl (C=O) groups is 1. The van der Waals surface area contributed by atoms with E-state index >= 15 is 0 Å². The molecule has 5 nitrogen and oxygen atoms in total. The summed E-state index contributed by atoms with van der Waals surface area (Å²) in [6, 6.07) is 16.1. The molecule has 0 bridgehead atoms. The lowest BCUT2D eigenvalue weighted by Gasteiger charge is -2.25. The summed E-state index contributed by atoms with van der Waals surface area (Å²) in [4.78, 5) is 17.4. The van der Waals surface area contributed by atoms with Crippen LogP contribution in [0.25, 0.3) is 11.3 Å². The van der Waals surface area contributed by atoms with E-state index in [-0.39, 0.29) is 11.7 Å². The van der Waals surface area contributed by atoms with Crippen LogP contribution in [-0.2, 0) is 17.8 Å². The van der Waals surface area contributed by atoms with E-state index < -0.39 is 0 Å². The second-order valence-corrected chi connectivity index (χ2v) is 8.37. The van der Waals surface area contributed by atoms with Crippen molar-refractivity contribution in [3.63, 3.8) is 0 Å². The number of anilines is 1. The Balaban J connectivity index is 1.67. The Morgan fingerprint density at radius 1 is 1.06 bits per heavy atom. The van der Waals surface area contributed by atoms with Crippen LogP contribution in [0.15, 0.2) is 59.1 Å². The molecule has 0 unspecified atom stereocenters. The van der Waals surface area contributed by atoms with E-state index in [0.717, 1.165) is 49.2 Å². The molecule has 0 atom stereocenters. The van der Waals surface area contributed by atoms with Gasteiger partial charge < -0.3 is 14.3 Å². The number of benzene rings is 2. The van der Waals surface area contributed by atoms with Crippen molar-refractivity contribution in [3.05, 3.63) is 71.5 Å². The van der Waals surface area contributed by atoms with Crippen LogP contribution in [0.3, 0.4) is 0 Å². The van der Waals surface area contributed by atoms with Crippen LogP contribution in [-0.4, -0.2) is 35.6 Å². The van der Waals surface area contributed by atoms with E-state index in [2.05, 4.69) is 23.9 Å². The van der Waals surface area contributed by atoms with Gasteiger partial charge in [-0.3, -0.25) is 4.79 Å². The summed E-state index contributed by atoms with van der Waals surface area (Å²) < 4.78 is 19.3. The molecule has 1 fully saturated rings. The third-order valence-corrected chi connectivity index (χ3v) is 6.01. The van der Waals surface area contributed by atoms with Crippen LogP contribution in [0.4, 0.5) is 10.3 Å². The zero-order valence-electron chi connectivity index (χ0n) is 18.8. The Hall–Kier alpha value is -3.15. The van der Waals surface area contributed by atoms with Crippen LogP contribution in [0.2, 0.25) is 0 Å². The topological polar surface area (TPSA) is 49.6 Å². The van der Waals surface area contributed by atoms with E-state index in [0.29, 0.717) is 30.5 Å². The van der Waals surface area contributed by atoms with Crippen LogP contribution in [0, 0.1) is 11.7 Å². The fraction of sp³-hybridized carbons (Fsp3) is 0.385. The summed E-state index contributed by atoms with van der Waals surface area (Å²) in [5, 5.41) is 4.35. The molecule has 0 N–H and O–H groups in total.